The van der Waals surface area contributed by atoms with Gasteiger partial charge in [-0.1, -0.05) is 24.3 Å². The maximum Gasteiger partial charge on any atom is 0.254 e. The third-order valence-corrected chi connectivity index (χ3v) is 3.82. The van der Waals surface area contributed by atoms with Crippen LogP contribution in [0.4, 0.5) is 5.82 Å². The highest BCUT2D eigenvalue weighted by atomic mass is 16.2. The molecule has 0 aliphatic carbocycles. The van der Waals surface area contributed by atoms with Gasteiger partial charge in [0.1, 0.15) is 5.82 Å². The molecule has 2 aromatic rings. The molecule has 4 nitrogen and oxygen atoms in total. The Morgan fingerprint density at radius 2 is 2.05 bits per heavy atom. The fourth-order valence-corrected chi connectivity index (χ4v) is 2.73. The summed E-state index contributed by atoms with van der Waals surface area (Å²) in [4.78, 5) is 19.1. The minimum atomic E-state index is 0.111. The Bertz CT molecular complexity index is 654. The van der Waals surface area contributed by atoms with Crippen LogP contribution in [0.5, 0.6) is 0 Å². The van der Waals surface area contributed by atoms with Crippen LogP contribution in [0.3, 0.4) is 0 Å². The summed E-state index contributed by atoms with van der Waals surface area (Å²) in [5.74, 6) is 0.940. The summed E-state index contributed by atoms with van der Waals surface area (Å²) in [6, 6.07) is 13.8. The molecule has 2 heterocycles. The Kier molecular flexibility index (Phi) is 3.86. The van der Waals surface area contributed by atoms with Crippen molar-refractivity contribution in [2.75, 3.05) is 18.9 Å². The summed E-state index contributed by atoms with van der Waals surface area (Å²) >= 11 is 0. The Morgan fingerprint density at radius 3 is 2.90 bits per heavy atom. The van der Waals surface area contributed by atoms with Crippen molar-refractivity contribution in [3.63, 3.8) is 0 Å². The van der Waals surface area contributed by atoms with Gasteiger partial charge in [0, 0.05) is 19.2 Å². The summed E-state index contributed by atoms with van der Waals surface area (Å²) in [5, 5.41) is 3.03. The molecule has 1 aromatic heterocycles. The number of carbonyl (C=O) groups is 1. The molecule has 3 rings (SSSR count). The van der Waals surface area contributed by atoms with Gasteiger partial charge < -0.3 is 10.2 Å². The lowest BCUT2D eigenvalue weighted by atomic mass is 10.0. The summed E-state index contributed by atoms with van der Waals surface area (Å²) in [7, 11) is 1.85. The molecule has 108 valence electrons. The number of carbonyl (C=O) groups excluding carboxylic acids is 1. The zero-order valence-corrected chi connectivity index (χ0v) is 12.2. The van der Waals surface area contributed by atoms with E-state index in [-0.39, 0.29) is 5.91 Å². The first-order valence-corrected chi connectivity index (χ1v) is 7.29. The Hall–Kier alpha value is -2.36. The molecule has 1 aliphatic heterocycles. The van der Waals surface area contributed by atoms with Crippen LogP contribution in [-0.4, -0.2) is 29.4 Å². The van der Waals surface area contributed by atoms with E-state index in [4.69, 9.17) is 0 Å². The highest BCUT2D eigenvalue weighted by Crippen LogP contribution is 2.20. The van der Waals surface area contributed by atoms with E-state index in [1.807, 2.05) is 48.3 Å². The Balaban J connectivity index is 1.84. The first kappa shape index (κ1) is 13.6. The van der Waals surface area contributed by atoms with Crippen molar-refractivity contribution in [1.82, 2.24) is 9.88 Å². The van der Waals surface area contributed by atoms with Gasteiger partial charge in [-0.2, -0.15) is 0 Å². The van der Waals surface area contributed by atoms with Gasteiger partial charge in [0.05, 0.1) is 12.2 Å². The van der Waals surface area contributed by atoms with Crippen LogP contribution >= 0.6 is 0 Å². The molecule has 1 aliphatic rings. The van der Waals surface area contributed by atoms with Gasteiger partial charge in [-0.05, 0) is 36.6 Å². The van der Waals surface area contributed by atoms with Gasteiger partial charge >= 0.3 is 0 Å². The molecular formula is C17H19N3O. The Labute approximate surface area is 124 Å². The fourth-order valence-electron chi connectivity index (χ4n) is 2.73. The second-order valence-electron chi connectivity index (χ2n) is 5.25. The molecule has 0 spiro atoms. The van der Waals surface area contributed by atoms with Crippen LogP contribution in [0.15, 0.2) is 42.5 Å². The van der Waals surface area contributed by atoms with E-state index in [9.17, 15) is 4.79 Å². The summed E-state index contributed by atoms with van der Waals surface area (Å²) in [6.07, 6.45) is 1.96. The van der Waals surface area contributed by atoms with Gasteiger partial charge in [-0.25, -0.2) is 4.98 Å². The predicted molar refractivity (Wildman–Crippen MR) is 83.3 cm³/mol. The molecule has 21 heavy (non-hydrogen) atoms. The number of anilines is 1. The fraction of sp³-hybridized carbons (Fsp3) is 0.294. The third-order valence-electron chi connectivity index (χ3n) is 3.82. The molecule has 1 N–H and O–H groups in total. The number of hydrogen-bond acceptors (Lipinski definition) is 3. The zero-order valence-electron chi connectivity index (χ0n) is 12.2. The number of benzene rings is 1. The van der Waals surface area contributed by atoms with Crippen molar-refractivity contribution in [2.24, 2.45) is 0 Å². The number of fused-ring (bicyclic) bond motifs is 1. The number of amides is 1. The first-order valence-electron chi connectivity index (χ1n) is 7.29. The maximum atomic E-state index is 12.7. The highest BCUT2D eigenvalue weighted by molar-refractivity contribution is 5.96. The summed E-state index contributed by atoms with van der Waals surface area (Å²) in [6.45, 7) is 1.33. The summed E-state index contributed by atoms with van der Waals surface area (Å²) < 4.78 is 0. The van der Waals surface area contributed by atoms with Crippen molar-refractivity contribution in [3.8, 4) is 0 Å². The quantitative estimate of drug-likeness (QED) is 0.941. The number of aryl methyl sites for hydroxylation is 1. The van der Waals surface area contributed by atoms with Gasteiger partial charge in [0.2, 0.25) is 0 Å². The molecule has 0 unspecified atom stereocenters. The van der Waals surface area contributed by atoms with Crippen molar-refractivity contribution in [1.29, 1.82) is 0 Å². The van der Waals surface area contributed by atoms with Crippen molar-refractivity contribution in [2.45, 2.75) is 19.4 Å². The second kappa shape index (κ2) is 5.95. The van der Waals surface area contributed by atoms with E-state index < -0.39 is 0 Å². The average Bonchev–Trinajstić information content (AvgIpc) is 2.68. The topological polar surface area (TPSA) is 45.2 Å². The molecule has 4 heteroatoms. The third kappa shape index (κ3) is 2.89. The van der Waals surface area contributed by atoms with Crippen molar-refractivity contribution >= 4 is 11.7 Å². The summed E-state index contributed by atoms with van der Waals surface area (Å²) in [5.41, 5.74) is 2.90. The van der Waals surface area contributed by atoms with E-state index in [1.165, 1.54) is 0 Å². The SMILES string of the molecule is CNc1cccc(CN2CCCc3ccccc3C2=O)n1. The molecule has 0 atom stereocenters. The van der Waals surface area contributed by atoms with Gasteiger partial charge in [0.15, 0.2) is 0 Å². The lowest BCUT2D eigenvalue weighted by Gasteiger charge is -2.20. The number of hydrogen-bond donors (Lipinski definition) is 1. The monoisotopic (exact) mass is 281 g/mol. The van der Waals surface area contributed by atoms with E-state index in [0.717, 1.165) is 42.0 Å². The average molecular weight is 281 g/mol. The maximum absolute atomic E-state index is 12.7. The van der Waals surface area contributed by atoms with Crippen LogP contribution in [-0.2, 0) is 13.0 Å². The highest BCUT2D eigenvalue weighted by Gasteiger charge is 2.22. The molecule has 0 radical (unpaired) electrons. The Morgan fingerprint density at radius 1 is 1.19 bits per heavy atom. The minimum Gasteiger partial charge on any atom is -0.373 e. The van der Waals surface area contributed by atoms with Crippen LogP contribution in [0, 0.1) is 0 Å². The molecule has 1 amide bonds. The normalized spacial score (nSPS) is 14.5. The zero-order chi connectivity index (χ0) is 14.7. The molecule has 0 saturated heterocycles. The van der Waals surface area contributed by atoms with E-state index in [1.54, 1.807) is 0 Å². The second-order valence-corrected chi connectivity index (χ2v) is 5.25. The van der Waals surface area contributed by atoms with Crippen molar-refractivity contribution < 1.29 is 4.79 Å². The number of aromatic nitrogens is 1. The van der Waals surface area contributed by atoms with E-state index in [2.05, 4.69) is 16.4 Å². The number of nitrogens with zero attached hydrogens (tertiary/aromatic N) is 2. The minimum absolute atomic E-state index is 0.111. The lowest BCUT2D eigenvalue weighted by Crippen LogP contribution is -2.30. The van der Waals surface area contributed by atoms with Crippen LogP contribution in [0.2, 0.25) is 0 Å². The number of rotatable bonds is 3. The molecule has 0 fully saturated rings. The van der Waals surface area contributed by atoms with Crippen LogP contribution in [0.1, 0.15) is 28.0 Å². The first-order chi connectivity index (χ1) is 10.3. The largest absolute Gasteiger partial charge is 0.373 e. The lowest BCUT2D eigenvalue weighted by molar-refractivity contribution is 0.0747. The standard InChI is InChI=1S/C17H19N3O/c1-18-16-10-4-8-14(19-16)12-20-11-5-7-13-6-2-3-9-15(13)17(20)21/h2-4,6,8-10H,5,7,11-12H2,1H3,(H,18,19). The molecule has 0 saturated carbocycles. The van der Waals surface area contributed by atoms with Crippen molar-refractivity contribution in [3.05, 3.63) is 59.3 Å². The number of nitrogens with one attached hydrogen (secondary N) is 1. The van der Waals surface area contributed by atoms with E-state index in [0.29, 0.717) is 6.54 Å². The smallest absolute Gasteiger partial charge is 0.254 e. The van der Waals surface area contributed by atoms with Gasteiger partial charge in [0.25, 0.3) is 5.91 Å². The van der Waals surface area contributed by atoms with Crippen LogP contribution in [0.25, 0.3) is 0 Å². The van der Waals surface area contributed by atoms with Gasteiger partial charge in [-0.3, -0.25) is 4.79 Å². The van der Waals surface area contributed by atoms with Crippen LogP contribution < -0.4 is 5.32 Å². The number of pyridine rings is 1. The predicted octanol–water partition coefficient (Wildman–Crippen LogP) is 2.71. The molecule has 1 aromatic carbocycles. The van der Waals surface area contributed by atoms with Gasteiger partial charge in [-0.15, -0.1) is 0 Å². The van der Waals surface area contributed by atoms with E-state index >= 15 is 0 Å². The molecular weight excluding hydrogens is 262 g/mol. The molecule has 0 bridgehead atoms.